The molecule has 33 heavy (non-hydrogen) atoms. The Morgan fingerprint density at radius 1 is 0.879 bits per heavy atom. The maximum Gasteiger partial charge on any atom is 0.277 e. The topological polar surface area (TPSA) is 53.1 Å². The third kappa shape index (κ3) is 4.67. The molecule has 6 nitrogen and oxygen atoms in total. The van der Waals surface area contributed by atoms with Gasteiger partial charge in [0.1, 0.15) is 11.4 Å². The Morgan fingerprint density at radius 3 is 2.18 bits per heavy atom. The van der Waals surface area contributed by atoms with E-state index in [1.165, 1.54) is 10.5 Å². The predicted octanol–water partition coefficient (Wildman–Crippen LogP) is 3.27. The molecule has 0 aliphatic carbocycles. The van der Waals surface area contributed by atoms with E-state index in [0.29, 0.717) is 24.2 Å². The monoisotopic (exact) mass is 447 g/mol. The molecule has 1 fully saturated rings. The summed E-state index contributed by atoms with van der Waals surface area (Å²) in [6.07, 6.45) is 0.610. The van der Waals surface area contributed by atoms with Crippen LogP contribution in [0.5, 0.6) is 5.75 Å². The van der Waals surface area contributed by atoms with Gasteiger partial charge in [-0.3, -0.25) is 14.5 Å². The van der Waals surface area contributed by atoms with E-state index in [-0.39, 0.29) is 11.8 Å². The number of benzene rings is 2. The molecule has 2 aromatic rings. The summed E-state index contributed by atoms with van der Waals surface area (Å²) in [6, 6.07) is 13.8. The van der Waals surface area contributed by atoms with Gasteiger partial charge in [-0.15, -0.1) is 0 Å². The van der Waals surface area contributed by atoms with E-state index >= 15 is 0 Å². The van der Waals surface area contributed by atoms with E-state index in [1.54, 1.807) is 7.11 Å². The van der Waals surface area contributed by atoms with Gasteiger partial charge in [-0.05, 0) is 61.2 Å². The molecule has 0 unspecified atom stereocenters. The SMILES string of the molecule is CCN1CCN(C2=C(c3ccc(C)c(C)c3)C(=O)N(CCc3ccc(OC)cc3)C2=O)CC1. The lowest BCUT2D eigenvalue weighted by atomic mass is 9.99. The quantitative estimate of drug-likeness (QED) is 0.610. The van der Waals surface area contributed by atoms with Gasteiger partial charge in [0.05, 0.1) is 12.7 Å². The fourth-order valence-electron chi connectivity index (χ4n) is 4.54. The van der Waals surface area contributed by atoms with Gasteiger partial charge in [0, 0.05) is 32.7 Å². The number of nitrogens with zero attached hydrogens (tertiary/aromatic N) is 3. The van der Waals surface area contributed by atoms with Gasteiger partial charge in [0.15, 0.2) is 0 Å². The largest absolute Gasteiger partial charge is 0.497 e. The molecule has 2 amide bonds. The van der Waals surface area contributed by atoms with Crippen molar-refractivity contribution in [3.05, 3.63) is 70.4 Å². The van der Waals surface area contributed by atoms with Crippen molar-refractivity contribution in [2.75, 3.05) is 46.4 Å². The standard InChI is InChI=1S/C27H33N3O3/c1-5-28-14-16-29(17-15-28)25-24(22-9-6-19(2)20(3)18-22)26(31)30(27(25)32)13-12-21-7-10-23(33-4)11-8-21/h6-11,18H,5,12-17H2,1-4H3. The van der Waals surface area contributed by atoms with Crippen molar-refractivity contribution in [1.29, 1.82) is 0 Å². The van der Waals surface area contributed by atoms with Crippen LogP contribution in [0.15, 0.2) is 48.2 Å². The molecular weight excluding hydrogens is 414 g/mol. The van der Waals surface area contributed by atoms with Crippen molar-refractivity contribution in [2.24, 2.45) is 0 Å². The fourth-order valence-corrected chi connectivity index (χ4v) is 4.54. The molecule has 174 valence electrons. The summed E-state index contributed by atoms with van der Waals surface area (Å²) in [5.41, 5.74) is 5.29. The van der Waals surface area contributed by atoms with E-state index in [2.05, 4.69) is 23.6 Å². The highest BCUT2D eigenvalue weighted by Gasteiger charge is 2.41. The Morgan fingerprint density at radius 2 is 1.58 bits per heavy atom. The van der Waals surface area contributed by atoms with Crippen molar-refractivity contribution < 1.29 is 14.3 Å². The van der Waals surface area contributed by atoms with E-state index in [1.807, 2.05) is 49.4 Å². The lowest BCUT2D eigenvalue weighted by molar-refractivity contribution is -0.137. The fraction of sp³-hybridized carbons (Fsp3) is 0.407. The molecule has 0 spiro atoms. The minimum Gasteiger partial charge on any atom is -0.497 e. The van der Waals surface area contributed by atoms with Crippen LogP contribution in [0.4, 0.5) is 0 Å². The number of methoxy groups -OCH3 is 1. The van der Waals surface area contributed by atoms with Crippen LogP contribution in [-0.4, -0.2) is 72.9 Å². The Bertz CT molecular complexity index is 1070. The van der Waals surface area contributed by atoms with Crippen molar-refractivity contribution in [3.8, 4) is 5.75 Å². The molecule has 2 aliphatic heterocycles. The van der Waals surface area contributed by atoms with Crippen LogP contribution >= 0.6 is 0 Å². The second-order valence-electron chi connectivity index (χ2n) is 8.80. The molecule has 0 atom stereocenters. The van der Waals surface area contributed by atoms with Crippen LogP contribution < -0.4 is 4.74 Å². The number of likely N-dealkylation sites (N-methyl/N-ethyl adjacent to an activating group) is 1. The summed E-state index contributed by atoms with van der Waals surface area (Å²) in [6.45, 7) is 10.9. The smallest absolute Gasteiger partial charge is 0.277 e. The minimum absolute atomic E-state index is 0.174. The van der Waals surface area contributed by atoms with Crippen molar-refractivity contribution in [2.45, 2.75) is 27.2 Å². The van der Waals surface area contributed by atoms with Gasteiger partial charge >= 0.3 is 0 Å². The van der Waals surface area contributed by atoms with Crippen LogP contribution in [0.3, 0.4) is 0 Å². The average molecular weight is 448 g/mol. The molecule has 0 saturated carbocycles. The highest BCUT2D eigenvalue weighted by Crippen LogP contribution is 2.33. The summed E-state index contributed by atoms with van der Waals surface area (Å²) in [4.78, 5) is 33.1. The minimum atomic E-state index is -0.190. The maximum absolute atomic E-state index is 13.6. The molecule has 0 radical (unpaired) electrons. The molecule has 0 N–H and O–H groups in total. The third-order valence-electron chi connectivity index (χ3n) is 6.86. The zero-order chi connectivity index (χ0) is 23.5. The van der Waals surface area contributed by atoms with E-state index < -0.39 is 0 Å². The number of amides is 2. The van der Waals surface area contributed by atoms with E-state index in [4.69, 9.17) is 4.74 Å². The first-order valence-electron chi connectivity index (χ1n) is 11.7. The third-order valence-corrected chi connectivity index (χ3v) is 6.86. The van der Waals surface area contributed by atoms with Gasteiger partial charge in [0.25, 0.3) is 11.8 Å². The zero-order valence-corrected chi connectivity index (χ0v) is 20.1. The zero-order valence-electron chi connectivity index (χ0n) is 20.1. The number of rotatable bonds is 7. The number of hydrogen-bond donors (Lipinski definition) is 0. The highest BCUT2D eigenvalue weighted by molar-refractivity contribution is 6.35. The molecule has 2 aliphatic rings. The molecule has 2 aromatic carbocycles. The predicted molar refractivity (Wildman–Crippen MR) is 130 cm³/mol. The number of imide groups is 1. The average Bonchev–Trinajstić information content (AvgIpc) is 3.09. The molecule has 0 bridgehead atoms. The lowest BCUT2D eigenvalue weighted by Crippen LogP contribution is -2.47. The lowest BCUT2D eigenvalue weighted by Gasteiger charge is -2.36. The van der Waals surface area contributed by atoms with E-state index in [9.17, 15) is 9.59 Å². The van der Waals surface area contributed by atoms with Crippen LogP contribution in [0.25, 0.3) is 5.57 Å². The Balaban J connectivity index is 1.62. The molecule has 1 saturated heterocycles. The Labute approximate surface area is 196 Å². The van der Waals surface area contributed by atoms with Crippen molar-refractivity contribution >= 4 is 17.4 Å². The number of aryl methyl sites for hydroxylation is 2. The highest BCUT2D eigenvalue weighted by atomic mass is 16.5. The number of hydrogen-bond acceptors (Lipinski definition) is 5. The number of carbonyl (C=O) groups is 2. The molecule has 6 heteroatoms. The summed E-state index contributed by atoms with van der Waals surface area (Å²) in [7, 11) is 1.64. The van der Waals surface area contributed by atoms with Crippen LogP contribution in [0.1, 0.15) is 29.2 Å². The Hall–Kier alpha value is -3.12. The first-order valence-corrected chi connectivity index (χ1v) is 11.7. The number of carbonyl (C=O) groups excluding carboxylic acids is 2. The molecular formula is C27H33N3O3. The van der Waals surface area contributed by atoms with Crippen LogP contribution in [0.2, 0.25) is 0 Å². The van der Waals surface area contributed by atoms with Crippen molar-refractivity contribution in [3.63, 3.8) is 0 Å². The Kier molecular flexibility index (Phi) is 6.84. The second kappa shape index (κ2) is 9.79. The molecule has 2 heterocycles. The molecule has 4 rings (SSSR count). The van der Waals surface area contributed by atoms with Gasteiger partial charge in [0.2, 0.25) is 0 Å². The second-order valence-corrected chi connectivity index (χ2v) is 8.80. The van der Waals surface area contributed by atoms with Gasteiger partial charge < -0.3 is 14.5 Å². The summed E-state index contributed by atoms with van der Waals surface area (Å²) >= 11 is 0. The summed E-state index contributed by atoms with van der Waals surface area (Å²) in [5, 5.41) is 0. The van der Waals surface area contributed by atoms with Gasteiger partial charge in [-0.1, -0.05) is 37.3 Å². The van der Waals surface area contributed by atoms with E-state index in [0.717, 1.165) is 55.2 Å². The first kappa shape index (κ1) is 23.1. The normalized spacial score (nSPS) is 17.3. The van der Waals surface area contributed by atoms with Crippen LogP contribution in [0, 0.1) is 13.8 Å². The number of piperazine rings is 1. The van der Waals surface area contributed by atoms with Crippen LogP contribution in [-0.2, 0) is 16.0 Å². The van der Waals surface area contributed by atoms with Crippen molar-refractivity contribution in [1.82, 2.24) is 14.7 Å². The first-order chi connectivity index (χ1) is 15.9. The number of ether oxygens (including phenoxy) is 1. The van der Waals surface area contributed by atoms with Gasteiger partial charge in [-0.2, -0.15) is 0 Å². The maximum atomic E-state index is 13.6. The molecule has 0 aromatic heterocycles. The summed E-state index contributed by atoms with van der Waals surface area (Å²) < 4.78 is 5.22. The summed E-state index contributed by atoms with van der Waals surface area (Å²) in [5.74, 6) is 0.427. The van der Waals surface area contributed by atoms with Gasteiger partial charge in [-0.25, -0.2) is 0 Å².